The summed E-state index contributed by atoms with van der Waals surface area (Å²) >= 11 is 0. The second-order valence-corrected chi connectivity index (χ2v) is 13.8. The molecule has 0 saturated heterocycles. The van der Waals surface area contributed by atoms with Crippen LogP contribution in [0.4, 0.5) is 0 Å². The number of nitrogens with zero attached hydrogens (tertiary/aromatic N) is 2. The molecule has 1 heterocycles. The van der Waals surface area contributed by atoms with Gasteiger partial charge in [-0.05, 0) is 41.5 Å². The number of aromatic nitrogens is 2. The predicted molar refractivity (Wildman–Crippen MR) is 155 cm³/mol. The minimum atomic E-state index is -4.17. The standard InChI is InChI=1S/C26H26N2O13S3/c1-35-22-13-19(16-6-9-18(10-7-16)39-42(3,29)30)25(36-2)26(41-44(5,33)34)24(22)17-8-11-20(21(12-17)40-43(4,31)32)37-14-23-27-15-38-28-23/h6-13,15H,14H2,1-5H3. The lowest BCUT2D eigenvalue weighted by Crippen LogP contribution is -2.10. The maximum atomic E-state index is 12.4. The molecule has 0 N–H and O–H groups in total. The van der Waals surface area contributed by atoms with E-state index in [-0.39, 0.29) is 58.1 Å². The second-order valence-electron chi connectivity index (χ2n) is 9.05. The van der Waals surface area contributed by atoms with Gasteiger partial charge in [0, 0.05) is 5.56 Å². The minimum absolute atomic E-state index is 0.00601. The van der Waals surface area contributed by atoms with Gasteiger partial charge >= 0.3 is 30.4 Å². The fraction of sp³-hybridized carbons (Fsp3) is 0.231. The van der Waals surface area contributed by atoms with E-state index in [4.69, 9.17) is 26.8 Å². The molecule has 0 aliphatic carbocycles. The van der Waals surface area contributed by atoms with Crippen molar-refractivity contribution < 1.29 is 56.5 Å². The highest BCUT2D eigenvalue weighted by atomic mass is 32.2. The molecule has 236 valence electrons. The molecule has 0 aliphatic heterocycles. The van der Waals surface area contributed by atoms with E-state index < -0.39 is 30.4 Å². The highest BCUT2D eigenvalue weighted by Crippen LogP contribution is 2.51. The molecule has 0 unspecified atom stereocenters. The van der Waals surface area contributed by atoms with Crippen LogP contribution in [0.1, 0.15) is 5.82 Å². The van der Waals surface area contributed by atoms with Crippen LogP contribution in [0.2, 0.25) is 0 Å². The summed E-state index contributed by atoms with van der Waals surface area (Å²) in [7, 11) is -9.38. The van der Waals surface area contributed by atoms with Crippen LogP contribution < -0.4 is 26.8 Å². The van der Waals surface area contributed by atoms with Crippen molar-refractivity contribution in [2.45, 2.75) is 6.61 Å². The third-order valence-electron chi connectivity index (χ3n) is 5.51. The summed E-state index contributed by atoms with van der Waals surface area (Å²) in [5, 5.41) is 3.63. The number of methoxy groups -OCH3 is 2. The largest absolute Gasteiger partial charge is 0.496 e. The maximum Gasteiger partial charge on any atom is 0.306 e. The number of rotatable bonds is 13. The van der Waals surface area contributed by atoms with E-state index in [1.54, 1.807) is 0 Å². The van der Waals surface area contributed by atoms with Gasteiger partial charge in [0.1, 0.15) is 11.5 Å². The van der Waals surface area contributed by atoms with Crippen LogP contribution in [0.25, 0.3) is 22.3 Å². The highest BCUT2D eigenvalue weighted by molar-refractivity contribution is 7.86. The lowest BCUT2D eigenvalue weighted by atomic mass is 9.96. The van der Waals surface area contributed by atoms with Crippen molar-refractivity contribution in [3.8, 4) is 56.8 Å². The average Bonchev–Trinajstić information content (AvgIpc) is 3.43. The van der Waals surface area contributed by atoms with E-state index >= 15 is 0 Å². The van der Waals surface area contributed by atoms with Crippen LogP contribution in [0.15, 0.2) is 59.4 Å². The van der Waals surface area contributed by atoms with Crippen molar-refractivity contribution in [3.05, 3.63) is 60.7 Å². The first-order valence-corrected chi connectivity index (χ1v) is 17.6. The molecule has 0 bridgehead atoms. The normalized spacial score (nSPS) is 11.9. The summed E-state index contributed by atoms with van der Waals surface area (Å²) in [4.78, 5) is 3.84. The Morgan fingerprint density at radius 3 is 1.86 bits per heavy atom. The van der Waals surface area contributed by atoms with Crippen molar-refractivity contribution in [3.63, 3.8) is 0 Å². The Morgan fingerprint density at radius 1 is 0.682 bits per heavy atom. The van der Waals surface area contributed by atoms with E-state index in [0.717, 1.165) is 25.2 Å². The summed E-state index contributed by atoms with van der Waals surface area (Å²) in [5.41, 5.74) is 1.04. The van der Waals surface area contributed by atoms with Gasteiger partial charge in [0.15, 0.2) is 29.6 Å². The van der Waals surface area contributed by atoms with Gasteiger partial charge in [-0.1, -0.05) is 23.4 Å². The Bertz CT molecular complexity index is 1980. The first-order chi connectivity index (χ1) is 20.6. The second kappa shape index (κ2) is 12.6. The Kier molecular flexibility index (Phi) is 9.26. The summed E-state index contributed by atoms with van der Waals surface area (Å²) < 4.78 is 109. The van der Waals surface area contributed by atoms with Crippen molar-refractivity contribution in [1.82, 2.24) is 10.1 Å². The van der Waals surface area contributed by atoms with E-state index in [0.29, 0.717) is 11.1 Å². The van der Waals surface area contributed by atoms with Crippen molar-refractivity contribution in [1.29, 1.82) is 0 Å². The molecule has 4 rings (SSSR count). The lowest BCUT2D eigenvalue weighted by Gasteiger charge is -2.21. The number of hydrogen-bond donors (Lipinski definition) is 0. The molecule has 0 fully saturated rings. The molecule has 0 amide bonds. The van der Waals surface area contributed by atoms with Gasteiger partial charge in [-0.15, -0.1) is 0 Å². The van der Waals surface area contributed by atoms with Gasteiger partial charge in [0.25, 0.3) is 0 Å². The Morgan fingerprint density at radius 2 is 1.32 bits per heavy atom. The lowest BCUT2D eigenvalue weighted by molar-refractivity contribution is 0.279. The predicted octanol–water partition coefficient (Wildman–Crippen LogP) is 3.02. The van der Waals surface area contributed by atoms with E-state index in [2.05, 4.69) is 14.7 Å². The molecule has 3 aromatic carbocycles. The summed E-state index contributed by atoms with van der Waals surface area (Å²) in [6, 6.07) is 11.5. The Balaban J connectivity index is 1.92. The topological polar surface area (TPSA) is 197 Å². The molecule has 4 aromatic rings. The molecular formula is C26H26N2O13S3. The molecule has 0 radical (unpaired) electrons. The first kappa shape index (κ1) is 32.4. The van der Waals surface area contributed by atoms with Crippen LogP contribution in [-0.4, -0.2) is 68.4 Å². The quantitative estimate of drug-likeness (QED) is 0.188. The molecular weight excluding hydrogens is 644 g/mol. The number of hydrogen-bond acceptors (Lipinski definition) is 15. The molecule has 0 atom stereocenters. The highest BCUT2D eigenvalue weighted by Gasteiger charge is 2.27. The van der Waals surface area contributed by atoms with Gasteiger partial charge in [0.05, 0.1) is 38.6 Å². The SMILES string of the molecule is COc1cc(-c2ccc(OS(C)(=O)=O)cc2)c(OC)c(OS(C)(=O)=O)c1-c1ccc(OCc2ncon2)c(OS(C)(=O)=O)c1. The molecule has 18 heteroatoms. The zero-order valence-corrected chi connectivity index (χ0v) is 26.3. The molecule has 0 saturated carbocycles. The summed E-state index contributed by atoms with van der Waals surface area (Å²) in [6.45, 7) is -0.182. The molecule has 1 aromatic heterocycles. The van der Waals surface area contributed by atoms with Crippen LogP contribution >= 0.6 is 0 Å². The Labute approximate surface area is 253 Å². The van der Waals surface area contributed by atoms with E-state index in [1.807, 2.05) is 0 Å². The van der Waals surface area contributed by atoms with Gasteiger partial charge in [-0.3, -0.25) is 0 Å². The third kappa shape index (κ3) is 8.29. The van der Waals surface area contributed by atoms with Crippen LogP contribution in [0.3, 0.4) is 0 Å². The van der Waals surface area contributed by atoms with Crippen molar-refractivity contribution in [2.75, 3.05) is 33.0 Å². The number of ether oxygens (including phenoxy) is 3. The van der Waals surface area contributed by atoms with Gasteiger partial charge in [-0.25, -0.2) is 0 Å². The van der Waals surface area contributed by atoms with E-state index in [9.17, 15) is 25.3 Å². The third-order valence-corrected chi connectivity index (χ3v) is 6.96. The monoisotopic (exact) mass is 670 g/mol. The molecule has 0 aliphatic rings. The van der Waals surface area contributed by atoms with Crippen LogP contribution in [0, 0.1) is 0 Å². The van der Waals surface area contributed by atoms with Crippen LogP contribution in [0.5, 0.6) is 34.5 Å². The zero-order valence-electron chi connectivity index (χ0n) is 23.8. The van der Waals surface area contributed by atoms with Gasteiger partial charge < -0.3 is 31.3 Å². The van der Waals surface area contributed by atoms with E-state index in [1.165, 1.54) is 62.8 Å². The first-order valence-electron chi connectivity index (χ1n) is 12.2. The minimum Gasteiger partial charge on any atom is -0.496 e. The molecule has 44 heavy (non-hydrogen) atoms. The van der Waals surface area contributed by atoms with Crippen molar-refractivity contribution in [2.24, 2.45) is 0 Å². The van der Waals surface area contributed by atoms with Crippen molar-refractivity contribution >= 4 is 30.4 Å². The van der Waals surface area contributed by atoms with Gasteiger partial charge in [0.2, 0.25) is 12.2 Å². The maximum absolute atomic E-state index is 12.4. The fourth-order valence-electron chi connectivity index (χ4n) is 3.97. The summed E-state index contributed by atoms with van der Waals surface area (Å²) in [6.07, 6.45) is 3.67. The van der Waals surface area contributed by atoms with Crippen LogP contribution in [-0.2, 0) is 37.0 Å². The molecule has 15 nitrogen and oxygen atoms in total. The number of benzene rings is 3. The van der Waals surface area contributed by atoms with Gasteiger partial charge in [-0.2, -0.15) is 30.2 Å². The zero-order chi connectivity index (χ0) is 32.3. The Hall–Kier alpha value is -4.55. The molecule has 0 spiro atoms. The fourth-order valence-corrected chi connectivity index (χ4v) is 5.35. The smallest absolute Gasteiger partial charge is 0.306 e. The summed E-state index contributed by atoms with van der Waals surface area (Å²) in [5.74, 6) is -0.245. The average molecular weight is 671 g/mol.